The van der Waals surface area contributed by atoms with Crippen molar-refractivity contribution in [1.29, 1.82) is 0 Å². The number of nitrogens with one attached hydrogen (secondary N) is 1. The lowest BCUT2D eigenvalue weighted by molar-refractivity contribution is -0.137. The molecule has 0 aliphatic rings. The van der Waals surface area contributed by atoms with Gasteiger partial charge in [0.25, 0.3) is 5.91 Å². The van der Waals surface area contributed by atoms with Gasteiger partial charge < -0.3 is 0 Å². The Balaban J connectivity index is 2.29. The summed E-state index contributed by atoms with van der Waals surface area (Å²) in [6.07, 6.45) is 0. The maximum absolute atomic E-state index is 12.3. The number of aryl methyl sites for hydroxylation is 2. The second-order valence-corrected chi connectivity index (χ2v) is 7.04. The first-order valence-corrected chi connectivity index (χ1v) is 8.69. The lowest BCUT2D eigenvalue weighted by Crippen LogP contribution is -2.48. The van der Waals surface area contributed by atoms with E-state index in [0.717, 1.165) is 11.1 Å². The summed E-state index contributed by atoms with van der Waals surface area (Å²) in [7, 11) is 0. The summed E-state index contributed by atoms with van der Waals surface area (Å²) in [6, 6.07) is 16.3. The van der Waals surface area contributed by atoms with Gasteiger partial charge in [-0.3, -0.25) is 14.9 Å². The molecule has 0 radical (unpaired) electrons. The van der Waals surface area contributed by atoms with E-state index in [0.29, 0.717) is 13.1 Å². The van der Waals surface area contributed by atoms with Crippen LogP contribution in [0.5, 0.6) is 0 Å². The molecule has 0 aliphatic carbocycles. The van der Waals surface area contributed by atoms with Gasteiger partial charge in [-0.15, -0.1) is 0 Å². The van der Waals surface area contributed by atoms with Crippen LogP contribution in [0.1, 0.15) is 36.1 Å². The molecule has 2 rings (SSSR count). The van der Waals surface area contributed by atoms with Crippen LogP contribution >= 0.6 is 0 Å². The van der Waals surface area contributed by atoms with Gasteiger partial charge >= 0.3 is 0 Å². The molecule has 0 fully saturated rings. The summed E-state index contributed by atoms with van der Waals surface area (Å²) in [5.74, 6) is -0.294. The fourth-order valence-corrected chi connectivity index (χ4v) is 3.06. The van der Waals surface area contributed by atoms with Crippen molar-refractivity contribution in [3.05, 3.63) is 70.8 Å². The molecule has 0 spiro atoms. The summed E-state index contributed by atoms with van der Waals surface area (Å²) in [6.45, 7) is 9.40. The van der Waals surface area contributed by atoms with Crippen molar-refractivity contribution in [2.45, 2.75) is 46.8 Å². The zero-order chi connectivity index (χ0) is 18.4. The van der Waals surface area contributed by atoms with Crippen LogP contribution in [0.4, 0.5) is 0 Å². The van der Waals surface area contributed by atoms with E-state index in [9.17, 15) is 10.0 Å². The summed E-state index contributed by atoms with van der Waals surface area (Å²) >= 11 is 0. The molecule has 25 heavy (non-hydrogen) atoms. The normalized spacial score (nSPS) is 12.4. The first-order chi connectivity index (χ1) is 11.9. The van der Waals surface area contributed by atoms with Crippen LogP contribution in [0, 0.1) is 19.8 Å². The smallest absolute Gasteiger partial charge is 0.260 e. The molecule has 0 aromatic heterocycles. The third-order valence-corrected chi connectivity index (χ3v) is 4.42. The van der Waals surface area contributed by atoms with Crippen LogP contribution in [0.3, 0.4) is 0 Å². The van der Waals surface area contributed by atoms with Crippen molar-refractivity contribution >= 4 is 5.91 Å². The number of carbonyl (C=O) groups is 1. The molecule has 1 atom stereocenters. The maximum atomic E-state index is 12.3. The Hall–Kier alpha value is -2.17. The highest BCUT2D eigenvalue weighted by Crippen LogP contribution is 2.19. The second kappa shape index (κ2) is 8.79. The summed E-state index contributed by atoms with van der Waals surface area (Å²) < 4.78 is 0. The molecule has 0 aliphatic heterocycles. The van der Waals surface area contributed by atoms with E-state index in [1.165, 1.54) is 11.1 Å². The van der Waals surface area contributed by atoms with Gasteiger partial charge in [-0.05, 0) is 30.9 Å². The maximum Gasteiger partial charge on any atom is 0.260 e. The fraction of sp³-hybridized carbons (Fsp3) is 0.381. The monoisotopic (exact) mass is 340 g/mol. The fourth-order valence-electron chi connectivity index (χ4n) is 3.06. The molecule has 2 aromatic rings. The minimum absolute atomic E-state index is 0.0723. The first-order valence-electron chi connectivity index (χ1n) is 8.69. The van der Waals surface area contributed by atoms with Crippen molar-refractivity contribution in [1.82, 2.24) is 10.4 Å². The van der Waals surface area contributed by atoms with Gasteiger partial charge in [-0.1, -0.05) is 73.5 Å². The highest BCUT2D eigenvalue weighted by Gasteiger charge is 2.29. The molecule has 0 unspecified atom stereocenters. The molecule has 4 heteroatoms. The number of carbonyl (C=O) groups excluding carboxylic acids is 1. The SMILES string of the molecule is Cc1ccc(CN(Cc2ccc(C)cc2)[C@@H](C(=O)NO)C(C)C)cc1. The molecular weight excluding hydrogens is 312 g/mol. The topological polar surface area (TPSA) is 52.6 Å². The van der Waals surface area contributed by atoms with Gasteiger partial charge in [-0.25, -0.2) is 5.48 Å². The first kappa shape index (κ1) is 19.2. The predicted molar refractivity (Wildman–Crippen MR) is 100 cm³/mol. The quantitative estimate of drug-likeness (QED) is 0.595. The summed E-state index contributed by atoms with van der Waals surface area (Å²) in [5, 5.41) is 9.18. The Kier molecular flexibility index (Phi) is 6.73. The number of hydrogen-bond donors (Lipinski definition) is 2. The van der Waals surface area contributed by atoms with Crippen LogP contribution < -0.4 is 5.48 Å². The molecule has 0 bridgehead atoms. The van der Waals surface area contributed by atoms with E-state index >= 15 is 0 Å². The molecule has 134 valence electrons. The molecule has 0 saturated heterocycles. The summed E-state index contributed by atoms with van der Waals surface area (Å²) in [5.41, 5.74) is 6.55. The molecule has 2 N–H and O–H groups in total. The Morgan fingerprint density at radius 2 is 1.32 bits per heavy atom. The number of amides is 1. The average Bonchev–Trinajstić information content (AvgIpc) is 2.58. The van der Waals surface area contributed by atoms with Crippen LogP contribution in [-0.2, 0) is 17.9 Å². The van der Waals surface area contributed by atoms with Crippen LogP contribution in [-0.4, -0.2) is 22.1 Å². The number of hydrogen-bond acceptors (Lipinski definition) is 3. The van der Waals surface area contributed by atoms with Crippen LogP contribution in [0.15, 0.2) is 48.5 Å². The van der Waals surface area contributed by atoms with E-state index in [4.69, 9.17) is 0 Å². The molecule has 0 saturated carbocycles. The molecule has 2 aromatic carbocycles. The summed E-state index contributed by atoms with van der Waals surface area (Å²) in [4.78, 5) is 14.4. The number of hydroxylamine groups is 1. The largest absolute Gasteiger partial charge is 0.289 e. The number of nitrogens with zero attached hydrogens (tertiary/aromatic N) is 1. The predicted octanol–water partition coefficient (Wildman–Crippen LogP) is 3.84. The van der Waals surface area contributed by atoms with Gasteiger partial charge in [-0.2, -0.15) is 0 Å². The van der Waals surface area contributed by atoms with Crippen molar-refractivity contribution in [2.75, 3.05) is 0 Å². The molecule has 4 nitrogen and oxygen atoms in total. The van der Waals surface area contributed by atoms with E-state index in [1.807, 2.05) is 19.3 Å². The Morgan fingerprint density at radius 1 is 0.920 bits per heavy atom. The van der Waals surface area contributed by atoms with Gasteiger partial charge in [0.15, 0.2) is 0 Å². The lowest BCUT2D eigenvalue weighted by atomic mass is 9.99. The van der Waals surface area contributed by atoms with Crippen molar-refractivity contribution in [3.8, 4) is 0 Å². The Morgan fingerprint density at radius 3 is 1.64 bits per heavy atom. The van der Waals surface area contributed by atoms with E-state index < -0.39 is 6.04 Å². The van der Waals surface area contributed by atoms with Gasteiger partial charge in [0.2, 0.25) is 0 Å². The molecular formula is C21H28N2O2. The number of rotatable bonds is 7. The second-order valence-electron chi connectivity index (χ2n) is 7.04. The minimum atomic E-state index is -0.410. The van der Waals surface area contributed by atoms with Gasteiger partial charge in [0, 0.05) is 13.1 Å². The zero-order valence-electron chi connectivity index (χ0n) is 15.5. The zero-order valence-corrected chi connectivity index (χ0v) is 15.5. The van der Waals surface area contributed by atoms with E-state index in [2.05, 4.69) is 67.3 Å². The van der Waals surface area contributed by atoms with Crippen LogP contribution in [0.2, 0.25) is 0 Å². The highest BCUT2D eigenvalue weighted by molar-refractivity contribution is 5.80. The Labute approximate surface area is 150 Å². The highest BCUT2D eigenvalue weighted by atomic mass is 16.5. The lowest BCUT2D eigenvalue weighted by Gasteiger charge is -2.33. The minimum Gasteiger partial charge on any atom is -0.289 e. The average molecular weight is 340 g/mol. The standard InChI is InChI=1S/C21H28N2O2/c1-15(2)20(21(24)22-25)23(13-18-9-5-16(3)6-10-18)14-19-11-7-17(4)8-12-19/h5-12,15,20,25H,13-14H2,1-4H3,(H,22,24)/t20-/m1/s1. The third kappa shape index (κ3) is 5.41. The van der Waals surface area contributed by atoms with Gasteiger partial charge in [0.1, 0.15) is 0 Å². The molecule has 0 heterocycles. The third-order valence-electron chi connectivity index (χ3n) is 4.42. The number of benzene rings is 2. The molecule has 1 amide bonds. The van der Waals surface area contributed by atoms with Crippen molar-refractivity contribution < 1.29 is 10.0 Å². The van der Waals surface area contributed by atoms with Crippen molar-refractivity contribution in [3.63, 3.8) is 0 Å². The van der Waals surface area contributed by atoms with E-state index in [-0.39, 0.29) is 11.8 Å². The Bertz CT molecular complexity index is 631. The van der Waals surface area contributed by atoms with E-state index in [1.54, 1.807) is 0 Å². The van der Waals surface area contributed by atoms with Crippen molar-refractivity contribution in [2.24, 2.45) is 5.92 Å². The van der Waals surface area contributed by atoms with Gasteiger partial charge in [0.05, 0.1) is 6.04 Å². The van der Waals surface area contributed by atoms with Crippen LogP contribution in [0.25, 0.3) is 0 Å².